The number of benzene rings is 1. The van der Waals surface area contributed by atoms with Crippen LogP contribution in [0.1, 0.15) is 50.0 Å². The molecule has 2 aliphatic carbocycles. The Morgan fingerprint density at radius 2 is 1.92 bits per heavy atom. The Morgan fingerprint density at radius 1 is 1.16 bits per heavy atom. The summed E-state index contributed by atoms with van der Waals surface area (Å²) in [6.07, 6.45) is 5.67. The number of carbonyl (C=O) groups excluding carboxylic acids is 2. The number of amides is 1. The number of hydrogen-bond donors (Lipinski definition) is 0. The number of fused-ring (bicyclic) bond motifs is 1. The molecule has 0 aromatic heterocycles. The highest BCUT2D eigenvalue weighted by molar-refractivity contribution is 5.89. The molecular formula is C20H24FNO3. The van der Waals surface area contributed by atoms with Crippen molar-refractivity contribution in [1.29, 1.82) is 0 Å². The minimum absolute atomic E-state index is 0.0121. The van der Waals surface area contributed by atoms with E-state index in [9.17, 15) is 14.0 Å². The van der Waals surface area contributed by atoms with E-state index >= 15 is 0 Å². The highest BCUT2D eigenvalue weighted by atomic mass is 19.1. The van der Waals surface area contributed by atoms with Crippen LogP contribution >= 0.6 is 0 Å². The van der Waals surface area contributed by atoms with Gasteiger partial charge in [-0.25, -0.2) is 9.18 Å². The van der Waals surface area contributed by atoms with E-state index in [0.717, 1.165) is 19.3 Å². The molecule has 25 heavy (non-hydrogen) atoms. The van der Waals surface area contributed by atoms with Gasteiger partial charge in [-0.15, -0.1) is 0 Å². The average molecular weight is 345 g/mol. The molecule has 5 heteroatoms. The van der Waals surface area contributed by atoms with Crippen molar-refractivity contribution >= 4 is 11.9 Å². The van der Waals surface area contributed by atoms with Gasteiger partial charge in [-0.3, -0.25) is 4.79 Å². The summed E-state index contributed by atoms with van der Waals surface area (Å²) in [5.41, 5.74) is 0.620. The number of nitrogens with zero attached hydrogens (tertiary/aromatic N) is 1. The summed E-state index contributed by atoms with van der Waals surface area (Å²) in [5, 5.41) is 0. The van der Waals surface area contributed by atoms with Crippen LogP contribution < -0.4 is 0 Å². The van der Waals surface area contributed by atoms with Gasteiger partial charge < -0.3 is 9.64 Å². The minimum atomic E-state index is -0.465. The topological polar surface area (TPSA) is 46.6 Å². The van der Waals surface area contributed by atoms with Gasteiger partial charge in [0.25, 0.3) is 0 Å². The molecule has 1 aromatic rings. The van der Waals surface area contributed by atoms with E-state index < -0.39 is 6.04 Å². The third-order valence-electron chi connectivity index (χ3n) is 6.23. The molecule has 4 rings (SSSR count). The van der Waals surface area contributed by atoms with Crippen LogP contribution in [-0.2, 0) is 14.3 Å². The predicted molar refractivity (Wildman–Crippen MR) is 90.3 cm³/mol. The van der Waals surface area contributed by atoms with Gasteiger partial charge in [0.05, 0.1) is 7.11 Å². The molecule has 5 atom stereocenters. The van der Waals surface area contributed by atoms with Crippen LogP contribution in [0.4, 0.5) is 4.39 Å². The van der Waals surface area contributed by atoms with Crippen LogP contribution in [0.5, 0.6) is 0 Å². The van der Waals surface area contributed by atoms with Crippen molar-refractivity contribution in [2.45, 2.75) is 56.5 Å². The van der Waals surface area contributed by atoms with Gasteiger partial charge in [0.2, 0.25) is 5.91 Å². The summed E-state index contributed by atoms with van der Waals surface area (Å²) >= 11 is 0. The molecule has 1 aromatic carbocycles. The third kappa shape index (κ3) is 2.83. The predicted octanol–water partition coefficient (Wildman–Crippen LogP) is 3.26. The summed E-state index contributed by atoms with van der Waals surface area (Å²) in [6, 6.07) is 6.36. The fraction of sp³-hybridized carbons (Fsp3) is 0.600. The van der Waals surface area contributed by atoms with Gasteiger partial charge in [0.15, 0.2) is 0 Å². The van der Waals surface area contributed by atoms with E-state index in [0.29, 0.717) is 24.3 Å². The van der Waals surface area contributed by atoms with E-state index in [-0.39, 0.29) is 35.6 Å². The summed E-state index contributed by atoms with van der Waals surface area (Å²) in [7, 11) is 1.38. The summed E-state index contributed by atoms with van der Waals surface area (Å²) < 4.78 is 19.0. The number of ether oxygens (including phenoxy) is 1. The molecule has 2 saturated carbocycles. The van der Waals surface area contributed by atoms with E-state index in [4.69, 9.17) is 4.74 Å². The quantitative estimate of drug-likeness (QED) is 0.790. The van der Waals surface area contributed by atoms with Gasteiger partial charge in [-0.1, -0.05) is 31.0 Å². The monoisotopic (exact) mass is 345 g/mol. The second-order valence-corrected chi connectivity index (χ2v) is 7.60. The number of carbonyl (C=O) groups is 2. The molecule has 4 nitrogen and oxygen atoms in total. The molecule has 0 bridgehead atoms. The molecule has 0 N–H and O–H groups in total. The first kappa shape index (κ1) is 16.6. The molecule has 0 radical (unpaired) electrons. The fourth-order valence-electron chi connectivity index (χ4n) is 4.90. The number of methoxy groups -OCH3 is 1. The van der Waals surface area contributed by atoms with Crippen LogP contribution in [0.25, 0.3) is 0 Å². The van der Waals surface area contributed by atoms with Crippen LogP contribution in [0, 0.1) is 17.7 Å². The first-order valence-electron chi connectivity index (χ1n) is 9.26. The van der Waals surface area contributed by atoms with E-state index in [2.05, 4.69) is 0 Å². The van der Waals surface area contributed by atoms with E-state index in [1.807, 2.05) is 6.07 Å². The first-order valence-corrected chi connectivity index (χ1v) is 9.26. The Hall–Kier alpha value is -1.91. The second-order valence-electron chi connectivity index (χ2n) is 7.60. The summed E-state index contributed by atoms with van der Waals surface area (Å²) in [4.78, 5) is 27.2. The van der Waals surface area contributed by atoms with Crippen LogP contribution in [0.2, 0.25) is 0 Å². The van der Waals surface area contributed by atoms with Crippen molar-refractivity contribution in [3.8, 4) is 0 Å². The zero-order chi connectivity index (χ0) is 17.6. The molecule has 3 aliphatic rings. The van der Waals surface area contributed by atoms with Crippen molar-refractivity contribution in [2.75, 3.05) is 7.11 Å². The molecule has 0 spiro atoms. The smallest absolute Gasteiger partial charge is 0.328 e. The minimum Gasteiger partial charge on any atom is -0.467 e. The maximum Gasteiger partial charge on any atom is 0.328 e. The fourth-order valence-corrected chi connectivity index (χ4v) is 4.90. The maximum atomic E-state index is 14.0. The number of halogens is 1. The Bertz CT molecular complexity index is 691. The van der Waals surface area contributed by atoms with Crippen molar-refractivity contribution < 1.29 is 18.7 Å². The van der Waals surface area contributed by atoms with Crippen molar-refractivity contribution in [2.24, 2.45) is 11.8 Å². The summed E-state index contributed by atoms with van der Waals surface area (Å²) in [5.74, 6) is -0.417. The molecule has 1 saturated heterocycles. The molecule has 1 aliphatic heterocycles. The first-order chi connectivity index (χ1) is 12.1. The van der Waals surface area contributed by atoms with Crippen LogP contribution in [0.3, 0.4) is 0 Å². The highest BCUT2D eigenvalue weighted by Crippen LogP contribution is 2.51. The van der Waals surface area contributed by atoms with Gasteiger partial charge in [-0.05, 0) is 49.1 Å². The van der Waals surface area contributed by atoms with Gasteiger partial charge in [0.1, 0.15) is 11.9 Å². The average Bonchev–Trinajstić information content (AvgIpc) is 3.33. The summed E-state index contributed by atoms with van der Waals surface area (Å²) in [6.45, 7) is 0. The number of rotatable bonds is 3. The molecule has 3 fully saturated rings. The van der Waals surface area contributed by atoms with E-state index in [1.54, 1.807) is 17.0 Å². The lowest BCUT2D eigenvalue weighted by Gasteiger charge is -2.33. The lowest BCUT2D eigenvalue weighted by atomic mass is 9.84. The molecular weight excluding hydrogens is 321 g/mol. The SMILES string of the molecule is COC(=O)[C@@H]1C[C@@H]2CCCC[C@@H]2N1C(=O)[C@H]1C[C@H]1c1ccccc1F. The Balaban J connectivity index is 1.55. The van der Waals surface area contributed by atoms with Gasteiger partial charge in [0, 0.05) is 12.0 Å². The zero-order valence-corrected chi connectivity index (χ0v) is 14.5. The van der Waals surface area contributed by atoms with Crippen LogP contribution in [-0.4, -0.2) is 36.0 Å². The van der Waals surface area contributed by atoms with Crippen LogP contribution in [0.15, 0.2) is 24.3 Å². The second kappa shape index (κ2) is 6.43. The highest BCUT2D eigenvalue weighted by Gasteiger charge is 2.54. The number of hydrogen-bond acceptors (Lipinski definition) is 3. The molecule has 1 amide bonds. The standard InChI is InChI=1S/C20H24FNO3/c1-25-20(24)18-10-12-6-2-5-9-17(12)22(18)19(23)15-11-14(15)13-7-3-4-8-16(13)21/h3-4,7-8,12,14-15,17-18H,2,5-6,9-11H2,1H3/t12-,14-,15-,17-,18-/m0/s1. The molecule has 134 valence electrons. The Morgan fingerprint density at radius 3 is 2.68 bits per heavy atom. The molecule has 1 heterocycles. The zero-order valence-electron chi connectivity index (χ0n) is 14.5. The largest absolute Gasteiger partial charge is 0.467 e. The Labute approximate surface area is 147 Å². The van der Waals surface area contributed by atoms with Crippen molar-refractivity contribution in [3.63, 3.8) is 0 Å². The van der Waals surface area contributed by atoms with Gasteiger partial charge in [-0.2, -0.15) is 0 Å². The lowest BCUT2D eigenvalue weighted by Crippen LogP contribution is -2.47. The van der Waals surface area contributed by atoms with Gasteiger partial charge >= 0.3 is 5.97 Å². The lowest BCUT2D eigenvalue weighted by molar-refractivity contribution is -0.153. The normalized spacial score (nSPS) is 33.7. The molecule has 0 unspecified atom stereocenters. The van der Waals surface area contributed by atoms with Crippen molar-refractivity contribution in [3.05, 3.63) is 35.6 Å². The van der Waals surface area contributed by atoms with Crippen molar-refractivity contribution in [1.82, 2.24) is 4.90 Å². The number of esters is 1. The Kier molecular flexibility index (Phi) is 4.26. The number of likely N-dealkylation sites (tertiary alicyclic amines) is 1. The van der Waals surface area contributed by atoms with E-state index in [1.165, 1.54) is 19.6 Å². The third-order valence-corrected chi connectivity index (χ3v) is 6.23. The maximum absolute atomic E-state index is 14.0.